The van der Waals surface area contributed by atoms with Crippen LogP contribution in [0.3, 0.4) is 0 Å². The molecule has 0 atom stereocenters. The van der Waals surface area contributed by atoms with Crippen molar-refractivity contribution in [3.63, 3.8) is 0 Å². The number of carboxylic acids is 1. The molecule has 0 unspecified atom stereocenters. The minimum Gasteiger partial charge on any atom is -0.475 e. The molecule has 0 radical (unpaired) electrons. The number of aromatic carboxylic acids is 1. The molecule has 1 saturated carbocycles. The average Bonchev–Trinajstić information content (AvgIpc) is 3.16. The van der Waals surface area contributed by atoms with E-state index in [4.69, 9.17) is 4.42 Å². The summed E-state index contributed by atoms with van der Waals surface area (Å²) < 4.78 is 5.60. The van der Waals surface area contributed by atoms with E-state index in [0.717, 1.165) is 24.8 Å². The largest absolute Gasteiger partial charge is 0.475 e. The summed E-state index contributed by atoms with van der Waals surface area (Å²) in [5, 5.41) is 9.23. The lowest BCUT2D eigenvalue weighted by Gasteiger charge is -2.10. The van der Waals surface area contributed by atoms with E-state index in [1.54, 1.807) is 0 Å². The van der Waals surface area contributed by atoms with E-state index in [1.165, 1.54) is 0 Å². The Hall–Kier alpha value is -2.10. The van der Waals surface area contributed by atoms with Crippen molar-refractivity contribution in [1.29, 1.82) is 0 Å². The predicted molar refractivity (Wildman–Crippen MR) is 73.9 cm³/mol. The molecule has 0 aliphatic heterocycles. The molecule has 0 amide bonds. The summed E-state index contributed by atoms with van der Waals surface area (Å²) in [6.45, 7) is 2.00. The molecule has 1 heterocycles. The Morgan fingerprint density at radius 2 is 2.05 bits per heavy atom. The lowest BCUT2D eigenvalue weighted by molar-refractivity contribution is 0.0658. The summed E-state index contributed by atoms with van der Waals surface area (Å²) in [6.07, 6.45) is 3.41. The minimum atomic E-state index is -1.03. The first-order valence-corrected chi connectivity index (χ1v) is 6.96. The van der Waals surface area contributed by atoms with Crippen molar-refractivity contribution in [1.82, 2.24) is 4.98 Å². The Bertz CT molecular complexity index is 626. The van der Waals surface area contributed by atoms with E-state index in [2.05, 4.69) is 17.1 Å². The van der Waals surface area contributed by atoms with Crippen LogP contribution in [0.5, 0.6) is 0 Å². The standard InChI is InChI=1S/C16H17NO3/c1-2-6-12-13(14(18)19)20-15(17-12)16(9-10-16)11-7-4-3-5-8-11/h3-5,7-8H,2,6,9-10H2,1H3,(H,18,19). The number of aryl methyl sites for hydroxylation is 1. The third-order valence-electron chi connectivity index (χ3n) is 3.86. The summed E-state index contributed by atoms with van der Waals surface area (Å²) in [5.74, 6) is -0.468. The van der Waals surface area contributed by atoms with Gasteiger partial charge in [0.1, 0.15) is 0 Å². The second-order valence-electron chi connectivity index (χ2n) is 5.30. The van der Waals surface area contributed by atoms with Crippen molar-refractivity contribution in [3.8, 4) is 0 Å². The Morgan fingerprint density at radius 1 is 1.35 bits per heavy atom. The molecule has 1 fully saturated rings. The van der Waals surface area contributed by atoms with Crippen molar-refractivity contribution >= 4 is 5.97 Å². The maximum atomic E-state index is 11.3. The van der Waals surface area contributed by atoms with Crippen LogP contribution in [0.4, 0.5) is 0 Å². The highest BCUT2D eigenvalue weighted by molar-refractivity contribution is 5.85. The van der Waals surface area contributed by atoms with E-state index in [0.29, 0.717) is 18.0 Å². The summed E-state index contributed by atoms with van der Waals surface area (Å²) in [5.41, 5.74) is 1.51. The first-order valence-electron chi connectivity index (χ1n) is 6.96. The molecule has 3 rings (SSSR count). The monoisotopic (exact) mass is 271 g/mol. The quantitative estimate of drug-likeness (QED) is 0.905. The maximum absolute atomic E-state index is 11.3. The highest BCUT2D eigenvalue weighted by Gasteiger charge is 2.50. The van der Waals surface area contributed by atoms with E-state index < -0.39 is 5.97 Å². The molecule has 1 aliphatic carbocycles. The first-order chi connectivity index (χ1) is 9.67. The Kier molecular flexibility index (Phi) is 3.08. The van der Waals surface area contributed by atoms with Crippen LogP contribution >= 0.6 is 0 Å². The van der Waals surface area contributed by atoms with Crippen LogP contribution in [-0.2, 0) is 11.8 Å². The van der Waals surface area contributed by atoms with Gasteiger partial charge < -0.3 is 9.52 Å². The Labute approximate surface area is 117 Å². The summed E-state index contributed by atoms with van der Waals surface area (Å²) >= 11 is 0. The van der Waals surface area contributed by atoms with Crippen LogP contribution in [0.15, 0.2) is 34.7 Å². The first kappa shape index (κ1) is 12.9. The highest BCUT2D eigenvalue weighted by Crippen LogP contribution is 2.53. The molecule has 2 aromatic rings. The lowest BCUT2D eigenvalue weighted by Crippen LogP contribution is -2.09. The van der Waals surface area contributed by atoms with Gasteiger partial charge in [-0.15, -0.1) is 0 Å². The number of benzene rings is 1. The summed E-state index contributed by atoms with van der Waals surface area (Å²) in [4.78, 5) is 15.7. The maximum Gasteiger partial charge on any atom is 0.373 e. The van der Waals surface area contributed by atoms with E-state index in [-0.39, 0.29) is 11.2 Å². The third kappa shape index (κ3) is 2.01. The van der Waals surface area contributed by atoms with Crippen LogP contribution in [0.25, 0.3) is 0 Å². The van der Waals surface area contributed by atoms with Crippen LogP contribution in [0.1, 0.15) is 53.9 Å². The molecular formula is C16H17NO3. The van der Waals surface area contributed by atoms with Gasteiger partial charge >= 0.3 is 5.97 Å². The second kappa shape index (κ2) is 4.78. The van der Waals surface area contributed by atoms with Crippen molar-refractivity contribution in [3.05, 3.63) is 53.2 Å². The van der Waals surface area contributed by atoms with Crippen LogP contribution in [0.2, 0.25) is 0 Å². The molecule has 1 aromatic heterocycles. The fourth-order valence-electron chi connectivity index (χ4n) is 2.64. The number of carboxylic acid groups (broad SMARTS) is 1. The van der Waals surface area contributed by atoms with E-state index in [1.807, 2.05) is 25.1 Å². The number of hydrogen-bond donors (Lipinski definition) is 1. The van der Waals surface area contributed by atoms with Crippen LogP contribution in [-0.4, -0.2) is 16.1 Å². The van der Waals surface area contributed by atoms with Gasteiger partial charge in [-0.25, -0.2) is 9.78 Å². The van der Waals surface area contributed by atoms with Gasteiger partial charge in [-0.2, -0.15) is 0 Å². The fraction of sp³-hybridized carbons (Fsp3) is 0.375. The molecule has 4 nitrogen and oxygen atoms in total. The second-order valence-corrected chi connectivity index (χ2v) is 5.30. The predicted octanol–water partition coefficient (Wildman–Crippen LogP) is 3.41. The molecule has 1 aliphatic rings. The Balaban J connectivity index is 2.03. The van der Waals surface area contributed by atoms with Gasteiger partial charge in [-0.1, -0.05) is 43.7 Å². The van der Waals surface area contributed by atoms with Crippen LogP contribution in [0, 0.1) is 0 Å². The molecule has 0 saturated heterocycles. The number of nitrogens with zero attached hydrogens (tertiary/aromatic N) is 1. The zero-order chi connectivity index (χ0) is 14.2. The Morgan fingerprint density at radius 3 is 2.60 bits per heavy atom. The van der Waals surface area contributed by atoms with Gasteiger partial charge in [0.25, 0.3) is 0 Å². The van der Waals surface area contributed by atoms with Gasteiger partial charge in [0.05, 0.1) is 11.1 Å². The number of hydrogen-bond acceptors (Lipinski definition) is 3. The lowest BCUT2D eigenvalue weighted by atomic mass is 9.96. The smallest absolute Gasteiger partial charge is 0.373 e. The van der Waals surface area contributed by atoms with Gasteiger partial charge in [0, 0.05) is 0 Å². The molecule has 4 heteroatoms. The third-order valence-corrected chi connectivity index (χ3v) is 3.86. The minimum absolute atomic E-state index is 0.00376. The number of rotatable bonds is 5. The van der Waals surface area contributed by atoms with Crippen molar-refractivity contribution in [2.75, 3.05) is 0 Å². The highest BCUT2D eigenvalue weighted by atomic mass is 16.4. The van der Waals surface area contributed by atoms with Crippen LogP contribution < -0.4 is 0 Å². The molecule has 104 valence electrons. The molecule has 0 bridgehead atoms. The van der Waals surface area contributed by atoms with Gasteiger partial charge in [0.15, 0.2) is 0 Å². The molecule has 1 aromatic carbocycles. The zero-order valence-electron chi connectivity index (χ0n) is 11.4. The van der Waals surface area contributed by atoms with Gasteiger partial charge in [-0.05, 0) is 24.8 Å². The molecule has 20 heavy (non-hydrogen) atoms. The normalized spacial score (nSPS) is 16.1. The van der Waals surface area contributed by atoms with Crippen molar-refractivity contribution in [2.45, 2.75) is 38.0 Å². The van der Waals surface area contributed by atoms with E-state index >= 15 is 0 Å². The molecule has 0 spiro atoms. The number of carbonyl (C=O) groups is 1. The van der Waals surface area contributed by atoms with Gasteiger partial charge in [-0.3, -0.25) is 0 Å². The number of oxazole rings is 1. The molecular weight excluding hydrogens is 254 g/mol. The zero-order valence-corrected chi connectivity index (χ0v) is 11.4. The van der Waals surface area contributed by atoms with Gasteiger partial charge in [0.2, 0.25) is 11.7 Å². The molecule has 1 N–H and O–H groups in total. The average molecular weight is 271 g/mol. The summed E-state index contributed by atoms with van der Waals surface area (Å²) in [7, 11) is 0. The fourth-order valence-corrected chi connectivity index (χ4v) is 2.64. The summed E-state index contributed by atoms with van der Waals surface area (Å²) in [6, 6.07) is 10.1. The van der Waals surface area contributed by atoms with Crippen molar-refractivity contribution in [2.24, 2.45) is 0 Å². The van der Waals surface area contributed by atoms with Crippen molar-refractivity contribution < 1.29 is 14.3 Å². The number of aromatic nitrogens is 1. The SMILES string of the molecule is CCCc1nc(C2(c3ccccc3)CC2)oc1C(=O)O. The topological polar surface area (TPSA) is 63.3 Å². The van der Waals surface area contributed by atoms with E-state index in [9.17, 15) is 9.90 Å².